The maximum atomic E-state index is 12.6. The normalized spacial score (nSPS) is 22.4. The zero-order chi connectivity index (χ0) is 17.2. The Kier molecular flexibility index (Phi) is 5.43. The number of sulfonamides is 1. The van der Waals surface area contributed by atoms with Crippen molar-refractivity contribution in [2.45, 2.75) is 50.3 Å². The second-order valence-electron chi connectivity index (χ2n) is 6.26. The molecule has 0 saturated carbocycles. The molecule has 9 heteroatoms. The highest BCUT2D eigenvalue weighted by molar-refractivity contribution is 7.89. The predicted octanol–water partition coefficient (Wildman–Crippen LogP) is 0.990. The average Bonchev–Trinajstić information content (AvgIpc) is 2.80. The molecule has 2 atom stereocenters. The van der Waals surface area contributed by atoms with Crippen molar-refractivity contribution in [1.29, 1.82) is 0 Å². The molecular formula is C14H23N3O5S. The van der Waals surface area contributed by atoms with Crippen LogP contribution in [0.15, 0.2) is 11.2 Å². The van der Waals surface area contributed by atoms with E-state index in [2.05, 4.69) is 23.7 Å². The Hall–Kier alpha value is -1.45. The molecule has 0 spiro atoms. The maximum Gasteiger partial charge on any atom is 0.340 e. The number of aryl methyl sites for hydroxylation is 1. The average molecular weight is 345 g/mol. The summed E-state index contributed by atoms with van der Waals surface area (Å²) in [6.45, 7) is 4.67. The van der Waals surface area contributed by atoms with Gasteiger partial charge in [0.15, 0.2) is 5.03 Å². The molecule has 0 amide bonds. The number of hydrogen-bond donors (Lipinski definition) is 2. The quantitative estimate of drug-likeness (QED) is 0.795. The minimum absolute atomic E-state index is 0.0157. The van der Waals surface area contributed by atoms with Crippen LogP contribution in [-0.4, -0.2) is 48.0 Å². The van der Waals surface area contributed by atoms with Gasteiger partial charge in [-0.15, -0.1) is 0 Å². The number of aromatic carboxylic acids is 1. The number of carboxylic acids is 1. The molecule has 0 radical (unpaired) electrons. The van der Waals surface area contributed by atoms with Crippen molar-refractivity contribution in [2.24, 2.45) is 13.0 Å². The highest BCUT2D eigenvalue weighted by atomic mass is 32.2. The molecule has 0 aliphatic carbocycles. The van der Waals surface area contributed by atoms with Crippen LogP contribution in [0, 0.1) is 5.92 Å². The van der Waals surface area contributed by atoms with E-state index >= 15 is 0 Å². The van der Waals surface area contributed by atoms with Crippen LogP contribution in [0.3, 0.4) is 0 Å². The second-order valence-corrected chi connectivity index (χ2v) is 7.89. The fourth-order valence-corrected chi connectivity index (χ4v) is 4.43. The van der Waals surface area contributed by atoms with E-state index in [4.69, 9.17) is 9.84 Å². The summed E-state index contributed by atoms with van der Waals surface area (Å²) in [4.78, 5) is 11.2. The zero-order valence-corrected chi connectivity index (χ0v) is 14.3. The summed E-state index contributed by atoms with van der Waals surface area (Å²) < 4.78 is 34.5. The number of nitrogens with zero attached hydrogens (tertiary/aromatic N) is 2. The second kappa shape index (κ2) is 6.98. The molecule has 1 aromatic rings. The molecule has 0 bridgehead atoms. The number of ether oxygens (including phenoxy) is 1. The molecule has 23 heavy (non-hydrogen) atoms. The number of aromatic nitrogens is 2. The van der Waals surface area contributed by atoms with Crippen molar-refractivity contribution < 1.29 is 23.1 Å². The summed E-state index contributed by atoms with van der Waals surface area (Å²) in [6.07, 6.45) is 3.07. The van der Waals surface area contributed by atoms with Gasteiger partial charge in [-0.1, -0.05) is 13.8 Å². The molecule has 2 rings (SSSR count). The van der Waals surface area contributed by atoms with E-state index in [1.807, 2.05) is 0 Å². The Balaban J connectivity index is 2.15. The van der Waals surface area contributed by atoms with Crippen LogP contribution in [0.25, 0.3) is 0 Å². The Bertz CT molecular complexity index is 668. The van der Waals surface area contributed by atoms with E-state index in [-0.39, 0.29) is 22.7 Å². The van der Waals surface area contributed by atoms with Crippen LogP contribution in [0.1, 0.15) is 43.5 Å². The van der Waals surface area contributed by atoms with Gasteiger partial charge < -0.3 is 9.84 Å². The van der Waals surface area contributed by atoms with Gasteiger partial charge in [0.05, 0.1) is 12.3 Å². The standard InChI is InChI=1S/C14H23N3O5S/c1-9(2)6-11-7-10(4-5-22-11)16-23(20,21)13-12(14(18)19)8-15-17(13)3/h8-11,16H,4-7H2,1-3H3,(H,18,19). The lowest BCUT2D eigenvalue weighted by Gasteiger charge is -2.30. The first-order chi connectivity index (χ1) is 10.7. The Labute approximate surface area is 135 Å². The summed E-state index contributed by atoms with van der Waals surface area (Å²) in [5.41, 5.74) is -0.328. The first-order valence-corrected chi connectivity index (χ1v) is 9.08. The predicted molar refractivity (Wildman–Crippen MR) is 82.7 cm³/mol. The molecule has 130 valence electrons. The van der Waals surface area contributed by atoms with E-state index in [1.54, 1.807) is 0 Å². The third-order valence-corrected chi connectivity index (χ3v) is 5.43. The monoisotopic (exact) mass is 345 g/mol. The molecule has 1 saturated heterocycles. The molecule has 1 aliphatic rings. The Morgan fingerprint density at radius 1 is 1.57 bits per heavy atom. The number of carboxylic acid groups (broad SMARTS) is 1. The summed E-state index contributed by atoms with van der Waals surface area (Å²) in [5, 5.41) is 12.5. The van der Waals surface area contributed by atoms with Crippen LogP contribution in [0.2, 0.25) is 0 Å². The smallest absolute Gasteiger partial charge is 0.340 e. The number of carbonyl (C=O) groups is 1. The molecule has 8 nitrogen and oxygen atoms in total. The maximum absolute atomic E-state index is 12.6. The number of nitrogens with one attached hydrogen (secondary N) is 1. The molecule has 1 fully saturated rings. The fraction of sp³-hybridized carbons (Fsp3) is 0.714. The summed E-state index contributed by atoms with van der Waals surface area (Å²) in [6, 6.07) is -0.269. The third kappa shape index (κ3) is 4.30. The summed E-state index contributed by atoms with van der Waals surface area (Å²) in [7, 11) is -2.55. The van der Waals surface area contributed by atoms with Crippen molar-refractivity contribution in [1.82, 2.24) is 14.5 Å². The van der Waals surface area contributed by atoms with E-state index in [0.29, 0.717) is 25.4 Å². The van der Waals surface area contributed by atoms with E-state index in [1.165, 1.54) is 7.05 Å². The number of hydrogen-bond acceptors (Lipinski definition) is 5. The molecule has 0 aromatic carbocycles. The van der Waals surface area contributed by atoms with Crippen LogP contribution < -0.4 is 4.72 Å². The lowest BCUT2D eigenvalue weighted by Crippen LogP contribution is -2.43. The van der Waals surface area contributed by atoms with Crippen LogP contribution in [0.5, 0.6) is 0 Å². The van der Waals surface area contributed by atoms with Gasteiger partial charge in [0.1, 0.15) is 5.56 Å². The SMILES string of the molecule is CC(C)CC1CC(NS(=O)(=O)c2c(C(=O)O)cnn2C)CCO1. The van der Waals surface area contributed by atoms with Gasteiger partial charge in [-0.3, -0.25) is 4.68 Å². The first kappa shape index (κ1) is 17.9. The molecule has 1 aromatic heterocycles. The molecule has 1 aliphatic heterocycles. The molecule has 2 unspecified atom stereocenters. The van der Waals surface area contributed by atoms with Gasteiger partial charge in [-0.2, -0.15) is 5.10 Å². The lowest BCUT2D eigenvalue weighted by atomic mass is 9.97. The van der Waals surface area contributed by atoms with Crippen molar-refractivity contribution in [2.75, 3.05) is 6.61 Å². The molecule has 2 heterocycles. The van der Waals surface area contributed by atoms with Crippen molar-refractivity contribution >= 4 is 16.0 Å². The minimum Gasteiger partial charge on any atom is -0.478 e. The zero-order valence-electron chi connectivity index (χ0n) is 13.5. The van der Waals surface area contributed by atoms with E-state index < -0.39 is 16.0 Å². The first-order valence-electron chi connectivity index (χ1n) is 7.60. The third-order valence-electron chi connectivity index (χ3n) is 3.79. The molecule has 2 N–H and O–H groups in total. The van der Waals surface area contributed by atoms with Crippen LogP contribution >= 0.6 is 0 Å². The van der Waals surface area contributed by atoms with E-state index in [9.17, 15) is 13.2 Å². The van der Waals surface area contributed by atoms with Gasteiger partial charge in [0.2, 0.25) is 0 Å². The highest BCUT2D eigenvalue weighted by Gasteiger charge is 2.32. The van der Waals surface area contributed by atoms with Crippen molar-refractivity contribution in [3.63, 3.8) is 0 Å². The minimum atomic E-state index is -3.96. The van der Waals surface area contributed by atoms with Gasteiger partial charge in [0.25, 0.3) is 10.0 Å². The van der Waals surface area contributed by atoms with Gasteiger partial charge in [-0.25, -0.2) is 17.9 Å². The topological polar surface area (TPSA) is 111 Å². The van der Waals surface area contributed by atoms with Gasteiger partial charge >= 0.3 is 5.97 Å². The Morgan fingerprint density at radius 2 is 2.26 bits per heavy atom. The van der Waals surface area contributed by atoms with Crippen LogP contribution in [-0.2, 0) is 21.8 Å². The Morgan fingerprint density at radius 3 is 2.87 bits per heavy atom. The molecular weight excluding hydrogens is 322 g/mol. The summed E-state index contributed by atoms with van der Waals surface area (Å²) in [5.74, 6) is -0.853. The largest absolute Gasteiger partial charge is 0.478 e. The highest BCUT2D eigenvalue weighted by Crippen LogP contribution is 2.22. The van der Waals surface area contributed by atoms with Crippen molar-refractivity contribution in [3.05, 3.63) is 11.8 Å². The van der Waals surface area contributed by atoms with Gasteiger partial charge in [0, 0.05) is 19.7 Å². The van der Waals surface area contributed by atoms with Gasteiger partial charge in [-0.05, 0) is 25.2 Å². The van der Waals surface area contributed by atoms with E-state index in [0.717, 1.165) is 17.3 Å². The lowest BCUT2D eigenvalue weighted by molar-refractivity contribution is -0.00585. The number of rotatable bonds is 6. The van der Waals surface area contributed by atoms with Crippen LogP contribution in [0.4, 0.5) is 0 Å². The fourth-order valence-electron chi connectivity index (χ4n) is 2.84. The summed E-state index contributed by atoms with van der Waals surface area (Å²) >= 11 is 0. The van der Waals surface area contributed by atoms with Crippen molar-refractivity contribution in [3.8, 4) is 0 Å².